The van der Waals surface area contributed by atoms with Crippen LogP contribution < -0.4 is 15.0 Å². The van der Waals surface area contributed by atoms with Crippen LogP contribution in [-0.4, -0.2) is 48.3 Å². The van der Waals surface area contributed by atoms with E-state index in [2.05, 4.69) is 10.3 Å². The van der Waals surface area contributed by atoms with Crippen LogP contribution in [0.2, 0.25) is 0 Å². The number of esters is 1. The Morgan fingerprint density at radius 3 is 2.57 bits per heavy atom. The molecule has 1 N–H and O–H groups in total. The number of nitrogens with one attached hydrogen (secondary N) is 1. The topological polar surface area (TPSA) is 115 Å². The van der Waals surface area contributed by atoms with E-state index in [1.165, 1.54) is 31.4 Å². The van der Waals surface area contributed by atoms with Gasteiger partial charge in [0.2, 0.25) is 5.91 Å². The summed E-state index contributed by atoms with van der Waals surface area (Å²) in [5.41, 5.74) is 1.82. The molecule has 0 bridgehead atoms. The van der Waals surface area contributed by atoms with Gasteiger partial charge in [-0.2, -0.15) is 0 Å². The summed E-state index contributed by atoms with van der Waals surface area (Å²) in [6.45, 7) is -0.0221. The van der Waals surface area contributed by atoms with Crippen molar-refractivity contribution >= 4 is 29.3 Å². The molecular formula is C26H23N3O6. The van der Waals surface area contributed by atoms with Gasteiger partial charge < -0.3 is 14.8 Å². The minimum atomic E-state index is -0.692. The van der Waals surface area contributed by atoms with Gasteiger partial charge in [0.25, 0.3) is 5.91 Å². The number of benzene rings is 2. The number of anilines is 1. The maximum absolute atomic E-state index is 12.8. The highest BCUT2D eigenvalue weighted by atomic mass is 16.5. The molecule has 1 unspecified atom stereocenters. The standard InChI is InChI=1S/C26H23N3O6/c1-34-21-6-2-5-19(12-21)23(30)16-35-26(33)18-7-9-20(10-8-18)29-24(31)13-22(25(29)32)28-15-17-4-3-11-27-14-17/h2-12,14,22,28H,13,15-16H2,1H3. The van der Waals surface area contributed by atoms with Gasteiger partial charge in [-0.1, -0.05) is 18.2 Å². The molecular weight excluding hydrogens is 450 g/mol. The lowest BCUT2D eigenvalue weighted by atomic mass is 10.1. The number of hydrogen-bond acceptors (Lipinski definition) is 8. The Kier molecular flexibility index (Phi) is 7.27. The SMILES string of the molecule is COc1cccc(C(=O)COC(=O)c2ccc(N3C(=O)CC(NCc4cccnc4)C3=O)cc2)c1. The van der Waals surface area contributed by atoms with Crippen LogP contribution in [0.4, 0.5) is 5.69 Å². The van der Waals surface area contributed by atoms with Gasteiger partial charge in [-0.3, -0.25) is 19.4 Å². The van der Waals surface area contributed by atoms with E-state index in [0.29, 0.717) is 23.5 Å². The number of carbonyl (C=O) groups excluding carboxylic acids is 4. The van der Waals surface area contributed by atoms with Crippen molar-refractivity contribution in [2.45, 2.75) is 19.0 Å². The molecule has 1 aromatic heterocycles. The van der Waals surface area contributed by atoms with E-state index in [1.807, 2.05) is 6.07 Å². The maximum atomic E-state index is 12.8. The summed E-state index contributed by atoms with van der Waals surface area (Å²) in [6.07, 6.45) is 3.39. The highest BCUT2D eigenvalue weighted by Gasteiger charge is 2.39. The summed E-state index contributed by atoms with van der Waals surface area (Å²) in [4.78, 5) is 55.1. The van der Waals surface area contributed by atoms with Crippen molar-refractivity contribution in [2.75, 3.05) is 18.6 Å². The molecule has 178 valence electrons. The minimum absolute atomic E-state index is 0.0370. The number of aromatic nitrogens is 1. The van der Waals surface area contributed by atoms with Crippen LogP contribution in [0.3, 0.4) is 0 Å². The smallest absolute Gasteiger partial charge is 0.338 e. The normalized spacial score (nSPS) is 15.2. The molecule has 1 aliphatic rings. The first-order valence-electron chi connectivity index (χ1n) is 10.9. The molecule has 0 saturated carbocycles. The fourth-order valence-corrected chi connectivity index (χ4v) is 3.65. The van der Waals surface area contributed by atoms with E-state index in [0.717, 1.165) is 10.5 Å². The zero-order valence-corrected chi connectivity index (χ0v) is 19.0. The summed E-state index contributed by atoms with van der Waals surface area (Å²) in [5.74, 6) is -1.23. The molecule has 0 radical (unpaired) electrons. The predicted octanol–water partition coefficient (Wildman–Crippen LogP) is 2.55. The Balaban J connectivity index is 1.34. The van der Waals surface area contributed by atoms with E-state index in [9.17, 15) is 19.2 Å². The van der Waals surface area contributed by atoms with Gasteiger partial charge in [-0.15, -0.1) is 0 Å². The molecule has 2 amide bonds. The van der Waals surface area contributed by atoms with Crippen LogP contribution >= 0.6 is 0 Å². The third-order valence-corrected chi connectivity index (χ3v) is 5.51. The molecule has 1 fully saturated rings. The van der Waals surface area contributed by atoms with Crippen LogP contribution in [-0.2, 0) is 20.9 Å². The van der Waals surface area contributed by atoms with E-state index in [-0.39, 0.29) is 29.6 Å². The highest BCUT2D eigenvalue weighted by molar-refractivity contribution is 6.22. The molecule has 1 saturated heterocycles. The number of nitrogens with zero attached hydrogens (tertiary/aromatic N) is 2. The van der Waals surface area contributed by atoms with Crippen molar-refractivity contribution in [2.24, 2.45) is 0 Å². The zero-order valence-electron chi connectivity index (χ0n) is 19.0. The lowest BCUT2D eigenvalue weighted by Gasteiger charge is -2.16. The number of hydrogen-bond donors (Lipinski definition) is 1. The van der Waals surface area contributed by atoms with Gasteiger partial charge in [0.05, 0.1) is 30.8 Å². The first kappa shape index (κ1) is 23.8. The van der Waals surface area contributed by atoms with E-state index < -0.39 is 18.6 Å². The number of pyridine rings is 1. The number of rotatable bonds is 9. The highest BCUT2D eigenvalue weighted by Crippen LogP contribution is 2.24. The second-order valence-electron chi connectivity index (χ2n) is 7.84. The lowest BCUT2D eigenvalue weighted by molar-refractivity contribution is -0.121. The van der Waals surface area contributed by atoms with Crippen LogP contribution in [0, 0.1) is 0 Å². The van der Waals surface area contributed by atoms with Crippen LogP contribution in [0.25, 0.3) is 0 Å². The molecule has 1 aliphatic heterocycles. The Bertz CT molecular complexity index is 1240. The van der Waals surface area contributed by atoms with Crippen molar-refractivity contribution in [3.8, 4) is 5.75 Å². The van der Waals surface area contributed by atoms with Gasteiger partial charge in [-0.25, -0.2) is 9.69 Å². The molecule has 35 heavy (non-hydrogen) atoms. The second kappa shape index (κ2) is 10.7. The quantitative estimate of drug-likeness (QED) is 0.287. The van der Waals surface area contributed by atoms with E-state index >= 15 is 0 Å². The third kappa shape index (κ3) is 5.59. The number of carbonyl (C=O) groups is 4. The predicted molar refractivity (Wildman–Crippen MR) is 126 cm³/mol. The van der Waals surface area contributed by atoms with Crippen molar-refractivity contribution in [1.82, 2.24) is 10.3 Å². The summed E-state index contributed by atoms with van der Waals surface area (Å²) < 4.78 is 10.2. The van der Waals surface area contributed by atoms with Gasteiger partial charge in [0.1, 0.15) is 5.75 Å². The Morgan fingerprint density at radius 2 is 1.86 bits per heavy atom. The van der Waals surface area contributed by atoms with Crippen molar-refractivity contribution in [3.05, 3.63) is 89.7 Å². The molecule has 4 rings (SSSR count). The summed E-state index contributed by atoms with van der Waals surface area (Å²) >= 11 is 0. The van der Waals surface area contributed by atoms with Crippen molar-refractivity contribution in [3.63, 3.8) is 0 Å². The molecule has 2 heterocycles. The molecule has 9 heteroatoms. The van der Waals surface area contributed by atoms with Crippen molar-refractivity contribution < 1.29 is 28.7 Å². The van der Waals surface area contributed by atoms with Gasteiger partial charge in [0.15, 0.2) is 12.4 Å². The van der Waals surface area contributed by atoms with Crippen LogP contribution in [0.5, 0.6) is 5.75 Å². The number of Topliss-reactive ketones (excluding diaryl/α,β-unsaturated/α-hetero) is 1. The van der Waals surface area contributed by atoms with Gasteiger partial charge >= 0.3 is 5.97 Å². The van der Waals surface area contributed by atoms with E-state index in [1.54, 1.807) is 42.7 Å². The second-order valence-corrected chi connectivity index (χ2v) is 7.84. The first-order chi connectivity index (χ1) is 17.0. The zero-order chi connectivity index (χ0) is 24.8. The van der Waals surface area contributed by atoms with Gasteiger partial charge in [-0.05, 0) is 48.0 Å². The molecule has 2 aromatic carbocycles. The van der Waals surface area contributed by atoms with Gasteiger partial charge in [0, 0.05) is 24.5 Å². The lowest BCUT2D eigenvalue weighted by Crippen LogP contribution is -2.38. The third-order valence-electron chi connectivity index (χ3n) is 5.51. The molecule has 0 spiro atoms. The average Bonchev–Trinajstić information content (AvgIpc) is 3.19. The summed E-state index contributed by atoms with van der Waals surface area (Å²) in [6, 6.07) is 15.5. The summed E-state index contributed by atoms with van der Waals surface area (Å²) in [7, 11) is 1.50. The Hall–Kier alpha value is -4.37. The number of methoxy groups -OCH3 is 1. The van der Waals surface area contributed by atoms with Crippen LogP contribution in [0.1, 0.15) is 32.7 Å². The Morgan fingerprint density at radius 1 is 1.06 bits per heavy atom. The number of amides is 2. The molecule has 9 nitrogen and oxygen atoms in total. The number of ether oxygens (including phenoxy) is 2. The first-order valence-corrected chi connectivity index (χ1v) is 10.9. The molecule has 3 aromatic rings. The largest absolute Gasteiger partial charge is 0.497 e. The molecule has 0 aliphatic carbocycles. The maximum Gasteiger partial charge on any atom is 0.338 e. The Labute approximate surface area is 201 Å². The van der Waals surface area contributed by atoms with Crippen LogP contribution in [0.15, 0.2) is 73.1 Å². The number of imide groups is 1. The summed E-state index contributed by atoms with van der Waals surface area (Å²) in [5, 5.41) is 3.09. The number of ketones is 1. The van der Waals surface area contributed by atoms with E-state index in [4.69, 9.17) is 9.47 Å². The minimum Gasteiger partial charge on any atom is -0.497 e. The monoisotopic (exact) mass is 473 g/mol. The average molecular weight is 473 g/mol. The van der Waals surface area contributed by atoms with Crippen molar-refractivity contribution in [1.29, 1.82) is 0 Å². The fraction of sp³-hybridized carbons (Fsp3) is 0.192. The molecule has 1 atom stereocenters. The fourth-order valence-electron chi connectivity index (χ4n) is 3.65.